The Bertz CT molecular complexity index is 447. The highest BCUT2D eigenvalue weighted by molar-refractivity contribution is 5.99. The van der Waals surface area contributed by atoms with E-state index in [0.717, 1.165) is 12.1 Å². The van der Waals surface area contributed by atoms with E-state index in [1.54, 1.807) is 12.3 Å². The normalized spacial score (nSPS) is 21.5. The molecular weight excluding hydrogens is 228 g/mol. The molecule has 0 aliphatic heterocycles. The van der Waals surface area contributed by atoms with Gasteiger partial charge in [0.2, 0.25) is 0 Å². The molecule has 0 saturated heterocycles. The number of nitrogen functional groups attached to an aromatic ring is 1. The Labute approximate surface area is 107 Å². The van der Waals surface area contributed by atoms with Crippen molar-refractivity contribution in [3.05, 3.63) is 23.5 Å². The van der Waals surface area contributed by atoms with Crippen molar-refractivity contribution in [1.82, 2.24) is 10.3 Å². The van der Waals surface area contributed by atoms with Crippen LogP contribution in [0.4, 0.5) is 5.69 Å². The number of nitrogens with zero attached hydrogens (tertiary/aromatic N) is 1. The summed E-state index contributed by atoms with van der Waals surface area (Å²) in [6, 6.07) is 2.09. The molecule has 0 aromatic carbocycles. The van der Waals surface area contributed by atoms with Crippen molar-refractivity contribution in [3.63, 3.8) is 0 Å². The Morgan fingerprint density at radius 3 is 3.06 bits per heavy atom. The maximum absolute atomic E-state index is 12.1. The number of anilines is 1. The molecule has 5 heteroatoms. The molecule has 0 spiro atoms. The minimum absolute atomic E-state index is 0.0981. The summed E-state index contributed by atoms with van der Waals surface area (Å²) in [7, 11) is 0. The summed E-state index contributed by atoms with van der Waals surface area (Å²) in [5.74, 6) is 5.97. The topological polar surface area (TPSA) is 80.0 Å². The zero-order chi connectivity index (χ0) is 13.1. The van der Waals surface area contributed by atoms with Crippen molar-refractivity contribution in [2.75, 3.05) is 5.43 Å². The number of nitrogens with one attached hydrogen (secondary N) is 2. The lowest BCUT2D eigenvalue weighted by Gasteiger charge is -2.09. The van der Waals surface area contributed by atoms with E-state index in [1.807, 2.05) is 6.92 Å². The fourth-order valence-electron chi connectivity index (χ4n) is 2.22. The van der Waals surface area contributed by atoms with Crippen LogP contribution in [-0.4, -0.2) is 16.9 Å². The second kappa shape index (κ2) is 5.35. The van der Waals surface area contributed by atoms with Crippen molar-refractivity contribution in [1.29, 1.82) is 0 Å². The van der Waals surface area contributed by atoms with Crippen LogP contribution in [-0.2, 0) is 0 Å². The molecule has 1 heterocycles. The summed E-state index contributed by atoms with van der Waals surface area (Å²) < 4.78 is 0. The van der Waals surface area contributed by atoms with E-state index in [-0.39, 0.29) is 5.91 Å². The number of hydrogen-bond acceptors (Lipinski definition) is 4. The average molecular weight is 248 g/mol. The first-order chi connectivity index (χ1) is 8.65. The van der Waals surface area contributed by atoms with Gasteiger partial charge in [0.15, 0.2) is 0 Å². The van der Waals surface area contributed by atoms with E-state index in [4.69, 9.17) is 5.84 Å². The molecule has 5 nitrogen and oxygen atoms in total. The van der Waals surface area contributed by atoms with E-state index in [2.05, 4.69) is 22.7 Å². The monoisotopic (exact) mass is 248 g/mol. The van der Waals surface area contributed by atoms with Gasteiger partial charge < -0.3 is 10.7 Å². The van der Waals surface area contributed by atoms with Crippen LogP contribution in [0.1, 0.15) is 42.2 Å². The average Bonchev–Trinajstić information content (AvgIpc) is 3.07. The molecule has 1 aliphatic carbocycles. The highest BCUT2D eigenvalue weighted by Crippen LogP contribution is 2.34. The molecular formula is C13H20N4O. The first-order valence-corrected chi connectivity index (χ1v) is 6.39. The minimum Gasteiger partial charge on any atom is -0.349 e. The molecule has 4 N–H and O–H groups in total. The smallest absolute Gasteiger partial charge is 0.255 e. The summed E-state index contributed by atoms with van der Waals surface area (Å²) in [5.41, 5.74) is 4.50. The molecule has 1 aromatic rings. The van der Waals surface area contributed by atoms with E-state index in [1.165, 1.54) is 12.8 Å². The molecule has 1 aliphatic rings. The van der Waals surface area contributed by atoms with Crippen LogP contribution in [0.25, 0.3) is 0 Å². The number of carbonyl (C=O) groups is 1. The largest absolute Gasteiger partial charge is 0.349 e. The first-order valence-electron chi connectivity index (χ1n) is 6.39. The van der Waals surface area contributed by atoms with Crippen LogP contribution in [0, 0.1) is 12.8 Å². The van der Waals surface area contributed by atoms with Gasteiger partial charge in [-0.2, -0.15) is 0 Å². The zero-order valence-electron chi connectivity index (χ0n) is 10.9. The number of hydrazine groups is 1. The Hall–Kier alpha value is -1.62. The summed E-state index contributed by atoms with van der Waals surface area (Å²) >= 11 is 0. The molecule has 1 aromatic heterocycles. The van der Waals surface area contributed by atoms with Gasteiger partial charge >= 0.3 is 0 Å². The number of pyridine rings is 1. The summed E-state index contributed by atoms with van der Waals surface area (Å²) in [5, 5.41) is 3.02. The van der Waals surface area contributed by atoms with Crippen molar-refractivity contribution in [2.45, 2.75) is 39.2 Å². The molecule has 1 saturated carbocycles. The standard InChI is InChI=1S/C13H20N4O/c1-3-4-9-6-11(9)16-13(18)10-7-15-8(2)5-12(10)17-14/h5,7,9,11H,3-4,6,14H2,1-2H3,(H,15,17)(H,16,18). The molecule has 1 amide bonds. The minimum atomic E-state index is -0.0981. The lowest BCUT2D eigenvalue weighted by Crippen LogP contribution is -2.28. The van der Waals surface area contributed by atoms with E-state index >= 15 is 0 Å². The predicted molar refractivity (Wildman–Crippen MR) is 71.1 cm³/mol. The Kier molecular flexibility index (Phi) is 3.81. The second-order valence-corrected chi connectivity index (χ2v) is 4.88. The molecule has 2 rings (SSSR count). The van der Waals surface area contributed by atoms with Gasteiger partial charge in [0.25, 0.3) is 5.91 Å². The number of aromatic nitrogens is 1. The van der Waals surface area contributed by atoms with Crippen LogP contribution in [0.15, 0.2) is 12.3 Å². The fourth-order valence-corrected chi connectivity index (χ4v) is 2.22. The predicted octanol–water partition coefficient (Wildman–Crippen LogP) is 1.59. The third-order valence-electron chi connectivity index (χ3n) is 3.34. The molecule has 98 valence electrons. The van der Waals surface area contributed by atoms with Gasteiger partial charge in [-0.1, -0.05) is 13.3 Å². The van der Waals surface area contributed by atoms with Gasteiger partial charge in [-0.15, -0.1) is 0 Å². The molecule has 2 unspecified atom stereocenters. The van der Waals surface area contributed by atoms with E-state index < -0.39 is 0 Å². The number of amides is 1. The fraction of sp³-hybridized carbons (Fsp3) is 0.538. The second-order valence-electron chi connectivity index (χ2n) is 4.88. The van der Waals surface area contributed by atoms with Crippen molar-refractivity contribution in [3.8, 4) is 0 Å². The quantitative estimate of drug-likeness (QED) is 0.546. The van der Waals surface area contributed by atoms with Gasteiger partial charge in [-0.25, -0.2) is 0 Å². The third kappa shape index (κ3) is 2.79. The SMILES string of the molecule is CCCC1CC1NC(=O)c1cnc(C)cc1NN. The van der Waals surface area contributed by atoms with Crippen LogP contribution in [0.2, 0.25) is 0 Å². The Morgan fingerprint density at radius 1 is 1.61 bits per heavy atom. The first kappa shape index (κ1) is 12.8. The van der Waals surface area contributed by atoms with Crippen LogP contribution < -0.4 is 16.6 Å². The molecule has 0 bridgehead atoms. The lowest BCUT2D eigenvalue weighted by atomic mass is 10.2. The van der Waals surface area contributed by atoms with Gasteiger partial charge in [0.05, 0.1) is 11.3 Å². The van der Waals surface area contributed by atoms with Crippen molar-refractivity contribution >= 4 is 11.6 Å². The summed E-state index contributed by atoms with van der Waals surface area (Å²) in [6.45, 7) is 4.03. The van der Waals surface area contributed by atoms with Crippen molar-refractivity contribution < 1.29 is 4.79 Å². The number of nitrogens with two attached hydrogens (primary N) is 1. The maximum Gasteiger partial charge on any atom is 0.255 e. The maximum atomic E-state index is 12.1. The van der Waals surface area contributed by atoms with E-state index in [9.17, 15) is 4.79 Å². The summed E-state index contributed by atoms with van der Waals surface area (Å²) in [4.78, 5) is 16.2. The highest BCUT2D eigenvalue weighted by atomic mass is 16.1. The van der Waals surface area contributed by atoms with Crippen LogP contribution in [0.5, 0.6) is 0 Å². The van der Waals surface area contributed by atoms with Gasteiger partial charge in [-0.3, -0.25) is 15.6 Å². The Morgan fingerprint density at radius 2 is 2.39 bits per heavy atom. The van der Waals surface area contributed by atoms with Gasteiger partial charge in [-0.05, 0) is 31.7 Å². The Balaban J connectivity index is 2.01. The number of carbonyl (C=O) groups excluding carboxylic acids is 1. The van der Waals surface area contributed by atoms with Crippen molar-refractivity contribution in [2.24, 2.45) is 11.8 Å². The molecule has 18 heavy (non-hydrogen) atoms. The van der Waals surface area contributed by atoms with Gasteiger partial charge in [0, 0.05) is 17.9 Å². The lowest BCUT2D eigenvalue weighted by molar-refractivity contribution is 0.0949. The zero-order valence-corrected chi connectivity index (χ0v) is 10.9. The van der Waals surface area contributed by atoms with E-state index in [0.29, 0.717) is 23.2 Å². The summed E-state index contributed by atoms with van der Waals surface area (Å²) in [6.07, 6.45) is 5.00. The van der Waals surface area contributed by atoms with Crippen LogP contribution >= 0.6 is 0 Å². The van der Waals surface area contributed by atoms with Crippen LogP contribution in [0.3, 0.4) is 0 Å². The van der Waals surface area contributed by atoms with Gasteiger partial charge in [0.1, 0.15) is 0 Å². The molecule has 0 radical (unpaired) electrons. The number of rotatable bonds is 5. The number of hydrogen-bond donors (Lipinski definition) is 3. The third-order valence-corrected chi connectivity index (χ3v) is 3.34. The number of aryl methyl sites for hydroxylation is 1. The molecule has 2 atom stereocenters. The highest BCUT2D eigenvalue weighted by Gasteiger charge is 2.37. The molecule has 1 fully saturated rings.